The van der Waals surface area contributed by atoms with Crippen molar-refractivity contribution in [2.45, 2.75) is 55.7 Å². The van der Waals surface area contributed by atoms with Crippen LogP contribution in [0.1, 0.15) is 57.1 Å². The highest BCUT2D eigenvalue weighted by Gasteiger charge is 2.33. The standard InChI is InChI=1S/C23H32N2O4S2/c1-5-19(4)21-8-12-23(13-9-21)31(28,29)25-16-14-24(15-17-25)30(26,27)22-10-6-20(7-11-22)18(2)3/h6-13,18-19H,5,14-17H2,1-4H3. The van der Waals surface area contributed by atoms with E-state index in [0.717, 1.165) is 17.5 Å². The summed E-state index contributed by atoms with van der Waals surface area (Å²) in [5.74, 6) is 0.699. The summed E-state index contributed by atoms with van der Waals surface area (Å²) in [5.41, 5.74) is 2.19. The molecule has 1 aliphatic rings. The summed E-state index contributed by atoms with van der Waals surface area (Å²) in [4.78, 5) is 0.494. The van der Waals surface area contributed by atoms with Gasteiger partial charge in [-0.2, -0.15) is 8.61 Å². The summed E-state index contributed by atoms with van der Waals surface area (Å²) < 4.78 is 54.8. The number of sulfonamides is 2. The van der Waals surface area contributed by atoms with E-state index in [0.29, 0.717) is 11.8 Å². The molecule has 0 spiro atoms. The Bertz CT molecular complexity index is 1090. The molecule has 0 amide bonds. The van der Waals surface area contributed by atoms with Crippen molar-refractivity contribution in [1.82, 2.24) is 8.61 Å². The van der Waals surface area contributed by atoms with E-state index < -0.39 is 20.0 Å². The van der Waals surface area contributed by atoms with Crippen LogP contribution in [0.4, 0.5) is 0 Å². The zero-order valence-corrected chi connectivity index (χ0v) is 20.3. The molecule has 2 aromatic carbocycles. The highest BCUT2D eigenvalue weighted by molar-refractivity contribution is 7.89. The van der Waals surface area contributed by atoms with E-state index in [4.69, 9.17) is 0 Å². The van der Waals surface area contributed by atoms with Gasteiger partial charge in [0.1, 0.15) is 0 Å². The number of piperazine rings is 1. The number of rotatable bonds is 7. The summed E-state index contributed by atoms with van der Waals surface area (Å²) >= 11 is 0. The first-order chi connectivity index (χ1) is 14.6. The number of nitrogens with zero attached hydrogens (tertiary/aromatic N) is 2. The second-order valence-electron chi connectivity index (χ2n) is 8.41. The SMILES string of the molecule is CCC(C)c1ccc(S(=O)(=O)N2CCN(S(=O)(=O)c3ccc(C(C)C)cc3)CC2)cc1. The van der Waals surface area contributed by atoms with E-state index in [1.807, 2.05) is 24.3 Å². The molecule has 1 atom stereocenters. The van der Waals surface area contributed by atoms with Gasteiger partial charge < -0.3 is 0 Å². The maximum Gasteiger partial charge on any atom is 0.243 e. The first kappa shape index (κ1) is 23.9. The molecule has 31 heavy (non-hydrogen) atoms. The summed E-state index contributed by atoms with van der Waals surface area (Å²) in [6.07, 6.45) is 0.989. The fraction of sp³-hybridized carbons (Fsp3) is 0.478. The predicted molar refractivity (Wildman–Crippen MR) is 123 cm³/mol. The fourth-order valence-corrected chi connectivity index (χ4v) is 6.52. The van der Waals surface area contributed by atoms with Gasteiger partial charge in [0.15, 0.2) is 0 Å². The molecule has 0 aromatic heterocycles. The molecule has 170 valence electrons. The van der Waals surface area contributed by atoms with Crippen LogP contribution in [-0.2, 0) is 20.0 Å². The lowest BCUT2D eigenvalue weighted by Gasteiger charge is -2.33. The summed E-state index contributed by atoms with van der Waals surface area (Å²) in [5, 5.41) is 0. The van der Waals surface area contributed by atoms with Crippen molar-refractivity contribution in [3.63, 3.8) is 0 Å². The lowest BCUT2D eigenvalue weighted by molar-refractivity contribution is 0.273. The van der Waals surface area contributed by atoms with Crippen LogP contribution in [0.2, 0.25) is 0 Å². The zero-order chi connectivity index (χ0) is 22.8. The molecular weight excluding hydrogens is 432 g/mol. The van der Waals surface area contributed by atoms with Crippen LogP contribution >= 0.6 is 0 Å². The van der Waals surface area contributed by atoms with Crippen molar-refractivity contribution in [2.75, 3.05) is 26.2 Å². The van der Waals surface area contributed by atoms with Crippen LogP contribution in [0.3, 0.4) is 0 Å². The molecule has 0 saturated carbocycles. The van der Waals surface area contributed by atoms with E-state index in [1.165, 1.54) is 8.61 Å². The minimum absolute atomic E-state index is 0.137. The van der Waals surface area contributed by atoms with E-state index in [-0.39, 0.29) is 36.0 Å². The third kappa shape index (κ3) is 5.03. The average molecular weight is 465 g/mol. The lowest BCUT2D eigenvalue weighted by atomic mass is 9.99. The summed E-state index contributed by atoms with van der Waals surface area (Å²) in [6.45, 7) is 8.87. The van der Waals surface area contributed by atoms with E-state index in [1.54, 1.807) is 24.3 Å². The average Bonchev–Trinajstić information content (AvgIpc) is 2.78. The molecule has 1 unspecified atom stereocenters. The monoisotopic (exact) mass is 464 g/mol. The van der Waals surface area contributed by atoms with Gasteiger partial charge in [-0.15, -0.1) is 0 Å². The van der Waals surface area contributed by atoms with E-state index in [2.05, 4.69) is 27.7 Å². The van der Waals surface area contributed by atoms with Crippen molar-refractivity contribution < 1.29 is 16.8 Å². The van der Waals surface area contributed by atoms with Gasteiger partial charge in [-0.3, -0.25) is 0 Å². The number of hydrogen-bond acceptors (Lipinski definition) is 4. The predicted octanol–water partition coefficient (Wildman–Crippen LogP) is 4.02. The van der Waals surface area contributed by atoms with Crippen LogP contribution in [0.15, 0.2) is 58.3 Å². The molecule has 3 rings (SSSR count). The quantitative estimate of drug-likeness (QED) is 0.620. The summed E-state index contributed by atoms with van der Waals surface area (Å²) in [6, 6.07) is 14.0. The topological polar surface area (TPSA) is 74.8 Å². The molecule has 0 aliphatic carbocycles. The second-order valence-corrected chi connectivity index (χ2v) is 12.3. The van der Waals surface area contributed by atoms with E-state index in [9.17, 15) is 16.8 Å². The lowest BCUT2D eigenvalue weighted by Crippen LogP contribution is -2.50. The molecule has 0 radical (unpaired) electrons. The van der Waals surface area contributed by atoms with Gasteiger partial charge in [0, 0.05) is 26.2 Å². The van der Waals surface area contributed by atoms with Gasteiger partial charge in [0.05, 0.1) is 9.79 Å². The molecule has 1 saturated heterocycles. The molecule has 8 heteroatoms. The Hall–Kier alpha value is -1.74. The van der Waals surface area contributed by atoms with Crippen LogP contribution in [-0.4, -0.2) is 51.6 Å². The number of hydrogen-bond donors (Lipinski definition) is 0. The van der Waals surface area contributed by atoms with Crippen molar-refractivity contribution in [2.24, 2.45) is 0 Å². The molecule has 1 aliphatic heterocycles. The van der Waals surface area contributed by atoms with Gasteiger partial charge in [-0.05, 0) is 53.6 Å². The van der Waals surface area contributed by atoms with Crippen molar-refractivity contribution in [3.8, 4) is 0 Å². The third-order valence-corrected chi connectivity index (χ3v) is 9.91. The smallest absolute Gasteiger partial charge is 0.207 e. The van der Waals surface area contributed by atoms with Crippen molar-refractivity contribution >= 4 is 20.0 Å². The maximum atomic E-state index is 13.0. The molecule has 1 fully saturated rings. The number of benzene rings is 2. The molecule has 0 N–H and O–H groups in total. The van der Waals surface area contributed by atoms with Crippen LogP contribution in [0, 0.1) is 0 Å². The Balaban J connectivity index is 1.70. The Morgan fingerprint density at radius 2 is 1.03 bits per heavy atom. The minimum Gasteiger partial charge on any atom is -0.207 e. The Labute approximate surface area is 187 Å². The third-order valence-electron chi connectivity index (χ3n) is 6.08. The van der Waals surface area contributed by atoms with Gasteiger partial charge in [0.2, 0.25) is 20.0 Å². The minimum atomic E-state index is -3.65. The van der Waals surface area contributed by atoms with Crippen LogP contribution in [0.5, 0.6) is 0 Å². The molecule has 0 bridgehead atoms. The second kappa shape index (κ2) is 9.40. The maximum absolute atomic E-state index is 13.0. The van der Waals surface area contributed by atoms with Gasteiger partial charge in [0.25, 0.3) is 0 Å². The Morgan fingerprint density at radius 3 is 1.35 bits per heavy atom. The first-order valence-corrected chi connectivity index (χ1v) is 13.7. The first-order valence-electron chi connectivity index (χ1n) is 10.8. The van der Waals surface area contributed by atoms with Crippen LogP contribution < -0.4 is 0 Å². The molecule has 6 nitrogen and oxygen atoms in total. The highest BCUT2D eigenvalue weighted by atomic mass is 32.2. The van der Waals surface area contributed by atoms with Crippen LogP contribution in [0.25, 0.3) is 0 Å². The van der Waals surface area contributed by atoms with E-state index >= 15 is 0 Å². The molecule has 1 heterocycles. The Kier molecular flexibility index (Phi) is 7.25. The molecule has 2 aromatic rings. The normalized spacial score (nSPS) is 17.7. The largest absolute Gasteiger partial charge is 0.243 e. The Morgan fingerprint density at radius 1 is 0.677 bits per heavy atom. The van der Waals surface area contributed by atoms with Crippen molar-refractivity contribution in [1.29, 1.82) is 0 Å². The highest BCUT2D eigenvalue weighted by Crippen LogP contribution is 2.25. The van der Waals surface area contributed by atoms with Gasteiger partial charge >= 0.3 is 0 Å². The van der Waals surface area contributed by atoms with Crippen molar-refractivity contribution in [3.05, 3.63) is 59.7 Å². The van der Waals surface area contributed by atoms with Gasteiger partial charge in [-0.1, -0.05) is 52.0 Å². The fourth-order valence-electron chi connectivity index (χ4n) is 3.68. The summed E-state index contributed by atoms with van der Waals surface area (Å²) in [7, 11) is -7.29. The van der Waals surface area contributed by atoms with Gasteiger partial charge in [-0.25, -0.2) is 16.8 Å². The zero-order valence-electron chi connectivity index (χ0n) is 18.7. The molecular formula is C23H32N2O4S2.